The Hall–Kier alpha value is -1.42. The smallest absolute Gasteiger partial charge is 0.221 e. The number of benzene rings is 1. The van der Waals surface area contributed by atoms with Crippen LogP contribution in [0.2, 0.25) is 0 Å². The molecule has 2 rings (SSSR count). The van der Waals surface area contributed by atoms with Gasteiger partial charge in [0.25, 0.3) is 0 Å². The molecule has 1 aliphatic rings. The summed E-state index contributed by atoms with van der Waals surface area (Å²) in [5, 5.41) is 2.78. The first-order valence-electron chi connectivity index (χ1n) is 7.37. The van der Waals surface area contributed by atoms with E-state index >= 15 is 0 Å². The topological polar surface area (TPSA) is 32.3 Å². The Labute approximate surface area is 120 Å². The maximum absolute atomic E-state index is 13.4. The summed E-state index contributed by atoms with van der Waals surface area (Å²) in [5.74, 6) is 0.533. The number of likely N-dealkylation sites (tertiary alicyclic amines) is 1. The molecule has 0 saturated carbocycles. The van der Waals surface area contributed by atoms with Gasteiger partial charge >= 0.3 is 0 Å². The van der Waals surface area contributed by atoms with Gasteiger partial charge in [0, 0.05) is 25.1 Å². The molecule has 0 spiro atoms. The molecule has 1 aliphatic heterocycles. The molecule has 0 atom stereocenters. The second-order valence-electron chi connectivity index (χ2n) is 5.64. The number of nitrogens with one attached hydrogen (secondary N) is 1. The summed E-state index contributed by atoms with van der Waals surface area (Å²) >= 11 is 0. The van der Waals surface area contributed by atoms with E-state index in [-0.39, 0.29) is 18.3 Å². The van der Waals surface area contributed by atoms with Gasteiger partial charge in [-0.3, -0.25) is 4.79 Å². The lowest BCUT2D eigenvalue weighted by molar-refractivity contribution is -0.121. The van der Waals surface area contributed by atoms with E-state index in [0.717, 1.165) is 25.6 Å². The van der Waals surface area contributed by atoms with E-state index in [2.05, 4.69) is 17.1 Å². The van der Waals surface area contributed by atoms with Crippen LogP contribution in [0.25, 0.3) is 0 Å². The number of piperidine rings is 1. The van der Waals surface area contributed by atoms with Crippen molar-refractivity contribution < 1.29 is 9.18 Å². The number of amides is 1. The molecule has 1 amide bonds. The van der Waals surface area contributed by atoms with Gasteiger partial charge < -0.3 is 10.2 Å². The molecule has 1 aromatic carbocycles. The van der Waals surface area contributed by atoms with E-state index in [1.165, 1.54) is 18.9 Å². The number of nitrogens with zero attached hydrogens (tertiary/aromatic N) is 1. The van der Waals surface area contributed by atoms with Crippen molar-refractivity contribution in [3.05, 3.63) is 35.6 Å². The zero-order valence-corrected chi connectivity index (χ0v) is 12.1. The van der Waals surface area contributed by atoms with Gasteiger partial charge in [-0.05, 0) is 37.9 Å². The minimum atomic E-state index is -0.266. The van der Waals surface area contributed by atoms with Crippen molar-refractivity contribution in [1.82, 2.24) is 10.2 Å². The Morgan fingerprint density at radius 3 is 2.75 bits per heavy atom. The molecule has 1 saturated heterocycles. The van der Waals surface area contributed by atoms with Crippen LogP contribution in [0.5, 0.6) is 0 Å². The average Bonchev–Trinajstić information content (AvgIpc) is 2.46. The van der Waals surface area contributed by atoms with Crippen LogP contribution >= 0.6 is 0 Å². The molecular formula is C16H23FN2O. The van der Waals surface area contributed by atoms with E-state index in [1.54, 1.807) is 18.2 Å². The van der Waals surface area contributed by atoms with Crippen LogP contribution in [0.15, 0.2) is 24.3 Å². The van der Waals surface area contributed by atoms with E-state index in [4.69, 9.17) is 0 Å². The molecule has 4 heteroatoms. The zero-order valence-electron chi connectivity index (χ0n) is 12.1. The third kappa shape index (κ3) is 4.60. The second kappa shape index (κ2) is 7.39. The number of hydrogen-bond donors (Lipinski definition) is 1. The Morgan fingerprint density at radius 2 is 2.05 bits per heavy atom. The van der Waals surface area contributed by atoms with Crippen LogP contribution in [0.1, 0.15) is 31.7 Å². The monoisotopic (exact) mass is 278 g/mol. The molecule has 0 aliphatic carbocycles. The lowest BCUT2D eigenvalue weighted by atomic mass is 9.99. The molecule has 110 valence electrons. The van der Waals surface area contributed by atoms with E-state index in [1.807, 2.05) is 0 Å². The molecule has 0 unspecified atom stereocenters. The maximum Gasteiger partial charge on any atom is 0.221 e. The van der Waals surface area contributed by atoms with Crippen LogP contribution in [0, 0.1) is 11.7 Å². The molecule has 0 radical (unpaired) electrons. The minimum Gasteiger partial charge on any atom is -0.352 e. The number of carbonyl (C=O) groups is 1. The molecule has 3 nitrogen and oxygen atoms in total. The number of halogens is 1. The van der Waals surface area contributed by atoms with Crippen molar-refractivity contribution in [2.45, 2.75) is 32.7 Å². The highest BCUT2D eigenvalue weighted by atomic mass is 19.1. The van der Waals surface area contributed by atoms with Crippen molar-refractivity contribution in [3.63, 3.8) is 0 Å². The number of carbonyl (C=O) groups excluding carboxylic acids is 1. The van der Waals surface area contributed by atoms with E-state index < -0.39 is 0 Å². The van der Waals surface area contributed by atoms with Gasteiger partial charge in [-0.15, -0.1) is 0 Å². The fourth-order valence-corrected chi connectivity index (χ4v) is 2.47. The predicted octanol–water partition coefficient (Wildman–Crippen LogP) is 2.56. The first kappa shape index (κ1) is 15.0. The first-order valence-corrected chi connectivity index (χ1v) is 7.37. The van der Waals surface area contributed by atoms with Crippen LogP contribution in [0.3, 0.4) is 0 Å². The van der Waals surface area contributed by atoms with Crippen molar-refractivity contribution in [3.8, 4) is 0 Å². The largest absolute Gasteiger partial charge is 0.352 e. The zero-order chi connectivity index (χ0) is 14.4. The molecule has 1 N–H and O–H groups in total. The van der Waals surface area contributed by atoms with Crippen LogP contribution in [-0.2, 0) is 11.3 Å². The van der Waals surface area contributed by atoms with Gasteiger partial charge in [0.15, 0.2) is 0 Å². The average molecular weight is 278 g/mol. The predicted molar refractivity (Wildman–Crippen MR) is 77.7 cm³/mol. The van der Waals surface area contributed by atoms with Gasteiger partial charge in [0.1, 0.15) is 5.82 Å². The van der Waals surface area contributed by atoms with Crippen molar-refractivity contribution >= 4 is 5.91 Å². The van der Waals surface area contributed by atoms with Crippen LogP contribution in [0.4, 0.5) is 4.39 Å². The molecule has 0 aromatic heterocycles. The summed E-state index contributed by atoms with van der Waals surface area (Å²) in [6.45, 7) is 5.51. The lowest BCUT2D eigenvalue weighted by Gasteiger charge is -2.29. The molecule has 20 heavy (non-hydrogen) atoms. The Kier molecular flexibility index (Phi) is 5.53. The summed E-state index contributed by atoms with van der Waals surface area (Å²) < 4.78 is 13.4. The molecule has 1 aromatic rings. The Balaban J connectivity index is 1.67. The summed E-state index contributed by atoms with van der Waals surface area (Å²) in [7, 11) is 0. The fourth-order valence-electron chi connectivity index (χ4n) is 2.47. The molecule has 1 fully saturated rings. The third-order valence-electron chi connectivity index (χ3n) is 3.97. The molecule has 1 heterocycles. The van der Waals surface area contributed by atoms with Gasteiger partial charge in [-0.25, -0.2) is 4.39 Å². The van der Waals surface area contributed by atoms with E-state index in [9.17, 15) is 9.18 Å². The quantitative estimate of drug-likeness (QED) is 0.898. The van der Waals surface area contributed by atoms with Gasteiger partial charge in [0.2, 0.25) is 5.91 Å². The maximum atomic E-state index is 13.4. The Morgan fingerprint density at radius 1 is 1.35 bits per heavy atom. The highest BCUT2D eigenvalue weighted by Crippen LogP contribution is 2.15. The summed E-state index contributed by atoms with van der Waals surface area (Å²) in [5.41, 5.74) is 0.535. The van der Waals surface area contributed by atoms with Gasteiger partial charge in [-0.2, -0.15) is 0 Å². The SMILES string of the molecule is CC1CCN(CCC(=O)NCc2ccccc2F)CC1. The van der Waals surface area contributed by atoms with Crippen molar-refractivity contribution in [2.75, 3.05) is 19.6 Å². The summed E-state index contributed by atoms with van der Waals surface area (Å²) in [4.78, 5) is 14.1. The minimum absolute atomic E-state index is 0.00752. The summed E-state index contributed by atoms with van der Waals surface area (Å²) in [6.07, 6.45) is 2.93. The fraction of sp³-hybridized carbons (Fsp3) is 0.562. The second-order valence-corrected chi connectivity index (χ2v) is 5.64. The first-order chi connectivity index (χ1) is 9.65. The summed E-state index contributed by atoms with van der Waals surface area (Å²) in [6, 6.07) is 6.54. The molecule has 0 bridgehead atoms. The Bertz CT molecular complexity index is 442. The van der Waals surface area contributed by atoms with Crippen LogP contribution in [-0.4, -0.2) is 30.4 Å². The molecular weight excluding hydrogens is 255 g/mol. The van der Waals surface area contributed by atoms with Gasteiger partial charge in [-0.1, -0.05) is 25.1 Å². The normalized spacial score (nSPS) is 17.1. The standard InChI is InChI=1S/C16H23FN2O/c1-13-6-9-19(10-7-13)11-8-16(20)18-12-14-4-2-3-5-15(14)17/h2-5,13H,6-12H2,1H3,(H,18,20). The van der Waals surface area contributed by atoms with Crippen molar-refractivity contribution in [1.29, 1.82) is 0 Å². The highest BCUT2D eigenvalue weighted by molar-refractivity contribution is 5.76. The third-order valence-corrected chi connectivity index (χ3v) is 3.97. The van der Waals surface area contributed by atoms with Crippen LogP contribution < -0.4 is 5.32 Å². The van der Waals surface area contributed by atoms with Crippen molar-refractivity contribution in [2.24, 2.45) is 5.92 Å². The highest BCUT2D eigenvalue weighted by Gasteiger charge is 2.16. The number of hydrogen-bond acceptors (Lipinski definition) is 2. The lowest BCUT2D eigenvalue weighted by Crippen LogP contribution is -2.36. The van der Waals surface area contributed by atoms with Gasteiger partial charge in [0.05, 0.1) is 0 Å². The van der Waals surface area contributed by atoms with E-state index in [0.29, 0.717) is 12.0 Å². The number of rotatable bonds is 5.